The molecule has 0 aliphatic rings. The first-order valence-electron chi connectivity index (χ1n) is 5.20. The van der Waals surface area contributed by atoms with E-state index < -0.39 is 0 Å². The van der Waals surface area contributed by atoms with Gasteiger partial charge < -0.3 is 5.32 Å². The van der Waals surface area contributed by atoms with Crippen molar-refractivity contribution < 1.29 is 0 Å². The van der Waals surface area contributed by atoms with Crippen LogP contribution in [0, 0.1) is 13.8 Å². The van der Waals surface area contributed by atoms with Crippen LogP contribution in [-0.2, 0) is 0 Å². The van der Waals surface area contributed by atoms with Crippen molar-refractivity contribution in [3.8, 4) is 0 Å². The molecular formula is C11H19N3S. The Morgan fingerprint density at radius 2 is 2.13 bits per heavy atom. The van der Waals surface area contributed by atoms with E-state index in [1.54, 1.807) is 0 Å². The molecule has 0 radical (unpaired) electrons. The van der Waals surface area contributed by atoms with Crippen molar-refractivity contribution in [3.63, 3.8) is 0 Å². The van der Waals surface area contributed by atoms with Gasteiger partial charge in [-0.25, -0.2) is 9.97 Å². The monoisotopic (exact) mass is 225 g/mol. The van der Waals surface area contributed by atoms with Crippen LogP contribution >= 0.6 is 11.8 Å². The zero-order valence-electron chi connectivity index (χ0n) is 9.87. The van der Waals surface area contributed by atoms with Crippen molar-refractivity contribution in [2.75, 3.05) is 18.1 Å². The van der Waals surface area contributed by atoms with Crippen LogP contribution in [0.3, 0.4) is 0 Å². The Labute approximate surface area is 96.1 Å². The minimum absolute atomic E-state index is 0.696. The standard InChI is InChI=1S/C11H19N3S/c1-8-7-11(14-10(3)13-8)12-6-5-9(2)15-4/h7,9H,5-6H2,1-4H3,(H,12,13,14). The zero-order chi connectivity index (χ0) is 11.3. The smallest absolute Gasteiger partial charge is 0.129 e. The number of aryl methyl sites for hydroxylation is 2. The molecule has 4 heteroatoms. The van der Waals surface area contributed by atoms with E-state index in [0.717, 1.165) is 30.3 Å². The normalized spacial score (nSPS) is 12.5. The fourth-order valence-corrected chi connectivity index (χ4v) is 1.68. The summed E-state index contributed by atoms with van der Waals surface area (Å²) in [6, 6.07) is 1.98. The van der Waals surface area contributed by atoms with Gasteiger partial charge in [0.15, 0.2) is 0 Å². The summed E-state index contributed by atoms with van der Waals surface area (Å²) in [6.45, 7) is 7.12. The summed E-state index contributed by atoms with van der Waals surface area (Å²) in [4.78, 5) is 8.57. The molecule has 1 atom stereocenters. The zero-order valence-corrected chi connectivity index (χ0v) is 10.7. The maximum absolute atomic E-state index is 4.33. The van der Waals surface area contributed by atoms with E-state index >= 15 is 0 Å². The van der Waals surface area contributed by atoms with Crippen LogP contribution in [0.15, 0.2) is 6.07 Å². The molecule has 15 heavy (non-hydrogen) atoms. The van der Waals surface area contributed by atoms with Crippen LogP contribution in [0.4, 0.5) is 5.82 Å². The topological polar surface area (TPSA) is 37.8 Å². The van der Waals surface area contributed by atoms with Crippen LogP contribution in [-0.4, -0.2) is 28.0 Å². The number of thioether (sulfide) groups is 1. The Morgan fingerprint density at radius 3 is 2.73 bits per heavy atom. The maximum Gasteiger partial charge on any atom is 0.129 e. The Morgan fingerprint density at radius 1 is 1.40 bits per heavy atom. The first-order chi connectivity index (χ1) is 7.11. The van der Waals surface area contributed by atoms with Crippen LogP contribution < -0.4 is 5.32 Å². The van der Waals surface area contributed by atoms with E-state index in [1.165, 1.54) is 0 Å². The van der Waals surface area contributed by atoms with Gasteiger partial charge in [-0.1, -0.05) is 6.92 Å². The van der Waals surface area contributed by atoms with E-state index in [1.807, 2.05) is 31.7 Å². The molecule has 0 aliphatic carbocycles. The van der Waals surface area contributed by atoms with Crippen molar-refractivity contribution in [2.45, 2.75) is 32.4 Å². The molecule has 1 aromatic heterocycles. The summed E-state index contributed by atoms with van der Waals surface area (Å²) < 4.78 is 0. The molecular weight excluding hydrogens is 206 g/mol. The number of anilines is 1. The van der Waals surface area contributed by atoms with E-state index in [0.29, 0.717) is 5.25 Å². The lowest BCUT2D eigenvalue weighted by Crippen LogP contribution is -2.09. The molecule has 0 amide bonds. The second kappa shape index (κ2) is 5.95. The number of hydrogen-bond donors (Lipinski definition) is 1. The van der Waals surface area contributed by atoms with E-state index in [9.17, 15) is 0 Å². The fourth-order valence-electron chi connectivity index (χ4n) is 1.33. The van der Waals surface area contributed by atoms with Crippen molar-refractivity contribution in [1.82, 2.24) is 9.97 Å². The van der Waals surface area contributed by atoms with E-state index in [4.69, 9.17) is 0 Å². The fraction of sp³-hybridized carbons (Fsp3) is 0.636. The number of aromatic nitrogens is 2. The van der Waals surface area contributed by atoms with E-state index in [-0.39, 0.29) is 0 Å². The highest BCUT2D eigenvalue weighted by molar-refractivity contribution is 7.99. The molecule has 1 unspecified atom stereocenters. The third-order valence-corrected chi connectivity index (χ3v) is 3.27. The van der Waals surface area contributed by atoms with Gasteiger partial charge in [0.2, 0.25) is 0 Å². The van der Waals surface area contributed by atoms with Crippen molar-refractivity contribution >= 4 is 17.6 Å². The van der Waals surface area contributed by atoms with Crippen LogP contribution in [0.2, 0.25) is 0 Å². The molecule has 3 nitrogen and oxygen atoms in total. The van der Waals surface area contributed by atoms with Crippen molar-refractivity contribution in [2.24, 2.45) is 0 Å². The van der Waals surface area contributed by atoms with Gasteiger partial charge in [-0.15, -0.1) is 0 Å². The molecule has 0 spiro atoms. The predicted octanol–water partition coefficient (Wildman–Crippen LogP) is 2.65. The summed E-state index contributed by atoms with van der Waals surface area (Å²) >= 11 is 1.89. The second-order valence-electron chi connectivity index (χ2n) is 3.70. The maximum atomic E-state index is 4.33. The minimum Gasteiger partial charge on any atom is -0.370 e. The van der Waals surface area contributed by atoms with Crippen LogP contribution in [0.1, 0.15) is 24.9 Å². The predicted molar refractivity (Wildman–Crippen MR) is 67.6 cm³/mol. The highest BCUT2D eigenvalue weighted by Crippen LogP contribution is 2.10. The summed E-state index contributed by atoms with van der Waals surface area (Å²) in [5, 5.41) is 4.02. The summed E-state index contributed by atoms with van der Waals surface area (Å²) in [5.74, 6) is 1.77. The lowest BCUT2D eigenvalue weighted by atomic mass is 10.3. The number of hydrogen-bond acceptors (Lipinski definition) is 4. The third kappa shape index (κ3) is 4.51. The molecule has 0 bridgehead atoms. The van der Waals surface area contributed by atoms with Crippen molar-refractivity contribution in [1.29, 1.82) is 0 Å². The van der Waals surface area contributed by atoms with Crippen molar-refractivity contribution in [3.05, 3.63) is 17.6 Å². The Bertz CT molecular complexity index is 294. The lowest BCUT2D eigenvalue weighted by molar-refractivity contribution is 0.846. The highest BCUT2D eigenvalue weighted by atomic mass is 32.2. The van der Waals surface area contributed by atoms with Gasteiger partial charge in [0.05, 0.1) is 0 Å². The molecule has 0 aliphatic heterocycles. The summed E-state index contributed by atoms with van der Waals surface area (Å²) in [7, 11) is 0. The average molecular weight is 225 g/mol. The Balaban J connectivity index is 2.43. The lowest BCUT2D eigenvalue weighted by Gasteiger charge is -2.10. The summed E-state index contributed by atoms with van der Waals surface area (Å²) in [5.41, 5.74) is 1.02. The number of nitrogens with one attached hydrogen (secondary N) is 1. The van der Waals surface area contributed by atoms with Gasteiger partial charge in [0.25, 0.3) is 0 Å². The quantitative estimate of drug-likeness (QED) is 0.836. The van der Waals surface area contributed by atoms with Gasteiger partial charge >= 0.3 is 0 Å². The third-order valence-electron chi connectivity index (χ3n) is 2.23. The Kier molecular flexibility index (Phi) is 4.88. The average Bonchev–Trinajstić information content (AvgIpc) is 2.16. The molecule has 1 N–H and O–H groups in total. The molecule has 0 saturated heterocycles. The number of rotatable bonds is 5. The van der Waals surface area contributed by atoms with E-state index in [2.05, 4.69) is 28.5 Å². The molecule has 1 rings (SSSR count). The molecule has 1 heterocycles. The molecule has 1 aromatic rings. The van der Waals surface area contributed by atoms with Gasteiger partial charge in [0.1, 0.15) is 11.6 Å². The molecule has 0 fully saturated rings. The SMILES string of the molecule is CSC(C)CCNc1cc(C)nc(C)n1. The van der Waals surface area contributed by atoms with Gasteiger partial charge in [-0.05, 0) is 26.5 Å². The summed E-state index contributed by atoms with van der Waals surface area (Å²) in [6.07, 6.45) is 3.30. The first kappa shape index (κ1) is 12.3. The first-order valence-corrected chi connectivity index (χ1v) is 6.49. The largest absolute Gasteiger partial charge is 0.370 e. The molecule has 84 valence electrons. The van der Waals surface area contributed by atoms with Gasteiger partial charge in [-0.2, -0.15) is 11.8 Å². The molecule has 0 aromatic carbocycles. The van der Waals surface area contributed by atoms with Crippen LogP contribution in [0.25, 0.3) is 0 Å². The Hall–Kier alpha value is -0.770. The second-order valence-corrected chi connectivity index (χ2v) is 4.98. The van der Waals surface area contributed by atoms with Gasteiger partial charge in [0, 0.05) is 23.6 Å². The molecule has 0 saturated carbocycles. The number of nitrogens with zero attached hydrogens (tertiary/aromatic N) is 2. The minimum atomic E-state index is 0.696. The van der Waals surface area contributed by atoms with Gasteiger partial charge in [-0.3, -0.25) is 0 Å². The van der Waals surface area contributed by atoms with Crippen LogP contribution in [0.5, 0.6) is 0 Å². The highest BCUT2D eigenvalue weighted by Gasteiger charge is 2.00.